The molecule has 0 atom stereocenters. The van der Waals surface area contributed by atoms with Crippen molar-refractivity contribution in [2.45, 2.75) is 45.4 Å². The largest absolute Gasteiger partial charge is 0.317 e. The van der Waals surface area contributed by atoms with Crippen molar-refractivity contribution < 1.29 is 0 Å². The van der Waals surface area contributed by atoms with Gasteiger partial charge in [-0.15, -0.1) is 0 Å². The molecule has 1 aromatic carbocycles. The maximum Gasteiger partial charge on any atom is -0.00462 e. The summed E-state index contributed by atoms with van der Waals surface area (Å²) in [6.45, 7) is 9.22. The molecule has 1 nitrogen and oxygen atoms in total. The molecule has 1 saturated heterocycles. The van der Waals surface area contributed by atoms with E-state index >= 15 is 0 Å². The van der Waals surface area contributed by atoms with Gasteiger partial charge in [-0.05, 0) is 54.8 Å². The first-order valence-electron chi connectivity index (χ1n) is 6.86. The van der Waals surface area contributed by atoms with Gasteiger partial charge in [-0.2, -0.15) is 0 Å². The van der Waals surface area contributed by atoms with Crippen LogP contribution in [0.25, 0.3) is 0 Å². The van der Waals surface area contributed by atoms with E-state index in [4.69, 9.17) is 0 Å². The van der Waals surface area contributed by atoms with E-state index in [-0.39, 0.29) is 5.41 Å². The van der Waals surface area contributed by atoms with Crippen molar-refractivity contribution in [3.63, 3.8) is 0 Å². The predicted molar refractivity (Wildman–Crippen MR) is 74.4 cm³/mol. The topological polar surface area (TPSA) is 12.0 Å². The van der Waals surface area contributed by atoms with E-state index in [1.807, 2.05) is 0 Å². The van der Waals surface area contributed by atoms with Crippen molar-refractivity contribution in [2.24, 2.45) is 5.92 Å². The highest BCUT2D eigenvalue weighted by molar-refractivity contribution is 5.27. The summed E-state index contributed by atoms with van der Waals surface area (Å²) >= 11 is 0. The molecule has 0 spiro atoms. The molecule has 0 saturated carbocycles. The summed E-state index contributed by atoms with van der Waals surface area (Å²) in [5.41, 5.74) is 3.21. The van der Waals surface area contributed by atoms with Crippen LogP contribution in [-0.2, 0) is 11.8 Å². The summed E-state index contributed by atoms with van der Waals surface area (Å²) in [5, 5.41) is 3.43. The Bertz CT molecular complexity index is 339. The zero-order valence-corrected chi connectivity index (χ0v) is 11.4. The first-order valence-corrected chi connectivity index (χ1v) is 6.86. The van der Waals surface area contributed by atoms with Gasteiger partial charge in [0.15, 0.2) is 0 Å². The number of piperidine rings is 1. The molecule has 0 amide bonds. The SMILES string of the molecule is CC(C)(C)c1ccc(CC2CCNCC2)cc1. The van der Waals surface area contributed by atoms with Gasteiger partial charge in [0.25, 0.3) is 0 Å². The molecular formula is C16H25N. The van der Waals surface area contributed by atoms with E-state index < -0.39 is 0 Å². The van der Waals surface area contributed by atoms with E-state index in [9.17, 15) is 0 Å². The summed E-state index contributed by atoms with van der Waals surface area (Å²) in [6.07, 6.45) is 3.92. The fraction of sp³-hybridized carbons (Fsp3) is 0.625. The Morgan fingerprint density at radius 3 is 2.18 bits per heavy atom. The molecule has 1 aromatic rings. The lowest BCUT2D eigenvalue weighted by Crippen LogP contribution is -2.28. The van der Waals surface area contributed by atoms with Crippen LogP contribution in [0.2, 0.25) is 0 Å². The lowest BCUT2D eigenvalue weighted by Gasteiger charge is -2.23. The molecule has 1 heterocycles. The highest BCUT2D eigenvalue weighted by Crippen LogP contribution is 2.24. The Morgan fingerprint density at radius 2 is 1.65 bits per heavy atom. The van der Waals surface area contributed by atoms with E-state index in [1.54, 1.807) is 0 Å². The standard InChI is InChI=1S/C16H25N/c1-16(2,3)15-6-4-13(5-7-15)12-14-8-10-17-11-9-14/h4-7,14,17H,8-12H2,1-3H3. The third-order valence-electron chi connectivity index (χ3n) is 3.80. The van der Waals surface area contributed by atoms with Gasteiger partial charge in [-0.3, -0.25) is 0 Å². The highest BCUT2D eigenvalue weighted by Gasteiger charge is 2.15. The Labute approximate surface area is 106 Å². The minimum absolute atomic E-state index is 0.271. The number of rotatable bonds is 2. The average Bonchev–Trinajstić information content (AvgIpc) is 2.30. The van der Waals surface area contributed by atoms with Gasteiger partial charge in [-0.1, -0.05) is 45.0 Å². The third kappa shape index (κ3) is 3.57. The zero-order valence-electron chi connectivity index (χ0n) is 11.4. The molecule has 0 aliphatic carbocycles. The van der Waals surface area contributed by atoms with Gasteiger partial charge in [0, 0.05) is 0 Å². The lowest BCUT2D eigenvalue weighted by molar-refractivity contribution is 0.372. The first kappa shape index (κ1) is 12.6. The van der Waals surface area contributed by atoms with Gasteiger partial charge in [0.1, 0.15) is 0 Å². The van der Waals surface area contributed by atoms with Crippen molar-refractivity contribution in [1.82, 2.24) is 5.32 Å². The van der Waals surface area contributed by atoms with Crippen LogP contribution in [0.1, 0.15) is 44.7 Å². The van der Waals surface area contributed by atoms with Crippen molar-refractivity contribution in [1.29, 1.82) is 0 Å². The van der Waals surface area contributed by atoms with E-state index in [1.165, 1.54) is 43.5 Å². The van der Waals surface area contributed by atoms with Gasteiger partial charge >= 0.3 is 0 Å². The average molecular weight is 231 g/mol. The normalized spacial score (nSPS) is 18.3. The second-order valence-electron chi connectivity index (χ2n) is 6.34. The minimum Gasteiger partial charge on any atom is -0.317 e. The molecule has 0 unspecified atom stereocenters. The first-order chi connectivity index (χ1) is 8.05. The number of benzene rings is 1. The van der Waals surface area contributed by atoms with Gasteiger partial charge in [0.2, 0.25) is 0 Å². The van der Waals surface area contributed by atoms with Crippen LogP contribution in [0.3, 0.4) is 0 Å². The lowest BCUT2D eigenvalue weighted by atomic mass is 9.85. The van der Waals surface area contributed by atoms with Gasteiger partial charge in [0.05, 0.1) is 0 Å². The van der Waals surface area contributed by atoms with Crippen LogP contribution < -0.4 is 5.32 Å². The van der Waals surface area contributed by atoms with Crippen molar-refractivity contribution in [3.8, 4) is 0 Å². The molecule has 2 rings (SSSR count). The molecule has 17 heavy (non-hydrogen) atoms. The van der Waals surface area contributed by atoms with Crippen molar-refractivity contribution in [3.05, 3.63) is 35.4 Å². The van der Waals surface area contributed by atoms with Crippen molar-refractivity contribution >= 4 is 0 Å². The molecule has 0 bridgehead atoms. The molecule has 0 radical (unpaired) electrons. The summed E-state index contributed by atoms with van der Waals surface area (Å²) in [4.78, 5) is 0. The third-order valence-corrected chi connectivity index (χ3v) is 3.80. The molecule has 94 valence electrons. The van der Waals surface area contributed by atoms with Crippen LogP contribution in [0.15, 0.2) is 24.3 Å². The van der Waals surface area contributed by atoms with Crippen LogP contribution in [-0.4, -0.2) is 13.1 Å². The summed E-state index contributed by atoms with van der Waals surface area (Å²) in [6, 6.07) is 9.25. The summed E-state index contributed by atoms with van der Waals surface area (Å²) in [7, 11) is 0. The quantitative estimate of drug-likeness (QED) is 0.821. The van der Waals surface area contributed by atoms with E-state index in [0.717, 1.165) is 5.92 Å². The highest BCUT2D eigenvalue weighted by atomic mass is 14.9. The van der Waals surface area contributed by atoms with E-state index in [2.05, 4.69) is 50.4 Å². The predicted octanol–water partition coefficient (Wildman–Crippen LogP) is 3.53. The maximum atomic E-state index is 3.43. The Kier molecular flexibility index (Phi) is 3.88. The van der Waals surface area contributed by atoms with E-state index in [0.29, 0.717) is 0 Å². The fourth-order valence-corrected chi connectivity index (χ4v) is 2.56. The van der Waals surface area contributed by atoms with Crippen molar-refractivity contribution in [2.75, 3.05) is 13.1 Å². The van der Waals surface area contributed by atoms with Crippen LogP contribution in [0.5, 0.6) is 0 Å². The number of hydrogen-bond acceptors (Lipinski definition) is 1. The van der Waals surface area contributed by atoms with Gasteiger partial charge < -0.3 is 5.32 Å². The molecule has 1 aliphatic rings. The molecule has 1 N–H and O–H groups in total. The minimum atomic E-state index is 0.271. The summed E-state index contributed by atoms with van der Waals surface area (Å²) < 4.78 is 0. The second kappa shape index (κ2) is 5.22. The molecule has 1 heteroatoms. The maximum absolute atomic E-state index is 3.43. The summed E-state index contributed by atoms with van der Waals surface area (Å²) in [5.74, 6) is 0.886. The van der Waals surface area contributed by atoms with Crippen LogP contribution >= 0.6 is 0 Å². The Balaban J connectivity index is 1.98. The molecule has 1 aliphatic heterocycles. The zero-order chi connectivity index (χ0) is 12.3. The smallest absolute Gasteiger partial charge is 0.00462 e. The van der Waals surface area contributed by atoms with Gasteiger partial charge in [-0.25, -0.2) is 0 Å². The fourth-order valence-electron chi connectivity index (χ4n) is 2.56. The molecule has 0 aromatic heterocycles. The number of nitrogens with one attached hydrogen (secondary N) is 1. The Morgan fingerprint density at radius 1 is 1.06 bits per heavy atom. The van der Waals surface area contributed by atoms with Crippen LogP contribution in [0.4, 0.5) is 0 Å². The molecule has 1 fully saturated rings. The monoisotopic (exact) mass is 231 g/mol. The second-order valence-corrected chi connectivity index (χ2v) is 6.34. The Hall–Kier alpha value is -0.820. The molecular weight excluding hydrogens is 206 g/mol. The van der Waals surface area contributed by atoms with Crippen LogP contribution in [0, 0.1) is 5.92 Å². The number of hydrogen-bond donors (Lipinski definition) is 1.